The summed E-state index contributed by atoms with van der Waals surface area (Å²) in [7, 11) is 3.40. The van der Waals surface area contributed by atoms with E-state index >= 15 is 0 Å². The van der Waals surface area contributed by atoms with E-state index in [1.807, 2.05) is 60.0 Å². The maximum Gasteiger partial charge on any atom is 0.273 e. The van der Waals surface area contributed by atoms with Crippen LogP contribution >= 0.6 is 0 Å². The van der Waals surface area contributed by atoms with Gasteiger partial charge in [0.2, 0.25) is 0 Å². The van der Waals surface area contributed by atoms with Gasteiger partial charge in [-0.05, 0) is 42.3 Å². The van der Waals surface area contributed by atoms with Crippen molar-refractivity contribution in [3.05, 3.63) is 107 Å². The van der Waals surface area contributed by atoms with Crippen LogP contribution in [0.2, 0.25) is 0 Å². The lowest BCUT2D eigenvalue weighted by molar-refractivity contribution is 0.0821. The summed E-state index contributed by atoms with van der Waals surface area (Å²) in [6.45, 7) is 1.91. The molecule has 1 amide bonds. The van der Waals surface area contributed by atoms with Crippen LogP contribution in [0.5, 0.6) is 0 Å². The van der Waals surface area contributed by atoms with Crippen LogP contribution in [-0.2, 0) is 0 Å². The fraction of sp³-hybridized carbons (Fsp3) is 0.148. The van der Waals surface area contributed by atoms with Crippen LogP contribution in [0.1, 0.15) is 40.3 Å². The van der Waals surface area contributed by atoms with E-state index in [4.69, 9.17) is 4.99 Å². The summed E-state index contributed by atoms with van der Waals surface area (Å²) >= 11 is 0. The smallest absolute Gasteiger partial charge is 0.273 e. The van der Waals surface area contributed by atoms with E-state index in [0.717, 1.165) is 22.4 Å². The van der Waals surface area contributed by atoms with Gasteiger partial charge < -0.3 is 4.90 Å². The zero-order valence-corrected chi connectivity index (χ0v) is 18.7. The molecule has 4 aromatic rings. The Morgan fingerprint density at radius 1 is 0.939 bits per heavy atom. The van der Waals surface area contributed by atoms with E-state index < -0.39 is 6.04 Å². The molecule has 164 valence electrons. The molecule has 0 fully saturated rings. The zero-order chi connectivity index (χ0) is 23.1. The van der Waals surface area contributed by atoms with Gasteiger partial charge in [-0.3, -0.25) is 14.4 Å². The minimum atomic E-state index is -0.409. The van der Waals surface area contributed by atoms with Crippen LogP contribution < -0.4 is 0 Å². The fourth-order valence-corrected chi connectivity index (χ4v) is 4.26. The van der Waals surface area contributed by atoms with E-state index in [2.05, 4.69) is 4.98 Å². The van der Waals surface area contributed by atoms with Crippen molar-refractivity contribution in [3.63, 3.8) is 0 Å². The number of fused-ring (bicyclic) bond motifs is 3. The molecule has 1 aliphatic rings. The molecular weight excluding hydrogens is 415 g/mol. The van der Waals surface area contributed by atoms with Crippen LogP contribution in [0.3, 0.4) is 0 Å². The fourth-order valence-electron chi connectivity index (χ4n) is 4.26. The number of hydrogen-bond acceptors (Lipinski definition) is 3. The first-order chi connectivity index (χ1) is 16.0. The Hall–Kier alpha value is -4.06. The Labute approximate surface area is 191 Å². The molecule has 0 aliphatic carbocycles. The lowest BCUT2D eigenvalue weighted by Crippen LogP contribution is -2.24. The van der Waals surface area contributed by atoms with Crippen molar-refractivity contribution in [3.8, 4) is 16.8 Å². The number of aliphatic imine (C=N–C) groups is 1. The quantitative estimate of drug-likeness (QED) is 0.436. The number of carbonyl (C=O) groups is 1. The number of halogens is 1. The van der Waals surface area contributed by atoms with Gasteiger partial charge in [0.15, 0.2) is 5.69 Å². The van der Waals surface area contributed by atoms with Gasteiger partial charge in [0.25, 0.3) is 5.91 Å². The molecule has 6 heteroatoms. The van der Waals surface area contributed by atoms with Gasteiger partial charge in [0.1, 0.15) is 12.1 Å². The molecule has 0 saturated heterocycles. The van der Waals surface area contributed by atoms with Crippen molar-refractivity contribution in [1.29, 1.82) is 0 Å². The molecule has 0 N–H and O–H groups in total. The number of amides is 1. The number of imidazole rings is 1. The highest BCUT2D eigenvalue weighted by molar-refractivity contribution is 6.16. The molecule has 1 aliphatic heterocycles. The molecule has 1 atom stereocenters. The second-order valence-electron chi connectivity index (χ2n) is 8.28. The van der Waals surface area contributed by atoms with Gasteiger partial charge in [-0.15, -0.1) is 0 Å². The second kappa shape index (κ2) is 8.13. The first kappa shape index (κ1) is 20.8. The molecule has 0 saturated carbocycles. The van der Waals surface area contributed by atoms with Crippen LogP contribution in [0.15, 0.2) is 84.1 Å². The maximum atomic E-state index is 15.0. The van der Waals surface area contributed by atoms with Crippen molar-refractivity contribution in [2.75, 3.05) is 14.1 Å². The standard InChI is InChI=1S/C27H23FN4O/c1-17-26-25(27(33)31(2)3)29-16-32(26)23-14-13-19(18-9-5-4-6-10-18)15-21(23)24(30-17)20-11-7-8-12-22(20)28/h4-17H,1-3H3/t17-/m1/s1. The van der Waals surface area contributed by atoms with Crippen molar-refractivity contribution in [1.82, 2.24) is 14.5 Å². The first-order valence-electron chi connectivity index (χ1n) is 10.8. The SMILES string of the molecule is C[C@H]1N=C(c2ccccc2F)c2cc(-c3ccccc3)ccc2-n2cnc(C(=O)N(C)C)c21. The number of carbonyl (C=O) groups excluding carboxylic acids is 1. The molecule has 1 aromatic heterocycles. The summed E-state index contributed by atoms with van der Waals surface area (Å²) in [4.78, 5) is 23.7. The van der Waals surface area contributed by atoms with Crippen molar-refractivity contribution >= 4 is 11.6 Å². The summed E-state index contributed by atoms with van der Waals surface area (Å²) in [5.74, 6) is -0.531. The Morgan fingerprint density at radius 2 is 1.67 bits per heavy atom. The summed E-state index contributed by atoms with van der Waals surface area (Å²) in [6, 6.07) is 22.3. The molecule has 33 heavy (non-hydrogen) atoms. The monoisotopic (exact) mass is 438 g/mol. The molecular formula is C27H23FN4O. The molecule has 3 aromatic carbocycles. The average Bonchev–Trinajstić information content (AvgIpc) is 3.23. The van der Waals surface area contributed by atoms with Gasteiger partial charge in [-0.25, -0.2) is 9.37 Å². The Balaban J connectivity index is 1.80. The number of benzene rings is 3. The Kier molecular flexibility index (Phi) is 5.13. The Bertz CT molecular complexity index is 1390. The molecule has 0 bridgehead atoms. The molecule has 5 nitrogen and oxygen atoms in total. The number of rotatable bonds is 3. The highest BCUT2D eigenvalue weighted by Gasteiger charge is 2.30. The van der Waals surface area contributed by atoms with Crippen molar-refractivity contribution in [2.24, 2.45) is 4.99 Å². The van der Waals surface area contributed by atoms with Crippen LogP contribution in [0, 0.1) is 5.82 Å². The second-order valence-corrected chi connectivity index (χ2v) is 8.28. The van der Waals surface area contributed by atoms with E-state index in [-0.39, 0.29) is 11.7 Å². The van der Waals surface area contributed by atoms with E-state index in [9.17, 15) is 9.18 Å². The largest absolute Gasteiger partial charge is 0.343 e. The normalized spacial score (nSPS) is 14.7. The molecule has 2 heterocycles. The summed E-state index contributed by atoms with van der Waals surface area (Å²) in [5, 5.41) is 0. The predicted molar refractivity (Wildman–Crippen MR) is 127 cm³/mol. The van der Waals surface area contributed by atoms with Gasteiger partial charge in [-0.1, -0.05) is 48.5 Å². The molecule has 0 spiro atoms. The third kappa shape index (κ3) is 3.53. The van der Waals surface area contributed by atoms with E-state index in [0.29, 0.717) is 22.7 Å². The average molecular weight is 439 g/mol. The predicted octanol–water partition coefficient (Wildman–Crippen LogP) is 5.29. The third-order valence-electron chi connectivity index (χ3n) is 5.88. The van der Waals surface area contributed by atoms with E-state index in [1.54, 1.807) is 38.6 Å². The summed E-state index contributed by atoms with van der Waals surface area (Å²) < 4.78 is 16.9. The first-order valence-corrected chi connectivity index (χ1v) is 10.8. The van der Waals surface area contributed by atoms with Gasteiger partial charge in [-0.2, -0.15) is 0 Å². The number of hydrogen-bond donors (Lipinski definition) is 0. The highest BCUT2D eigenvalue weighted by Crippen LogP contribution is 2.35. The highest BCUT2D eigenvalue weighted by atomic mass is 19.1. The minimum absolute atomic E-state index is 0.192. The third-order valence-corrected chi connectivity index (χ3v) is 5.88. The number of aromatic nitrogens is 2. The molecule has 5 rings (SSSR count). The minimum Gasteiger partial charge on any atom is -0.343 e. The summed E-state index contributed by atoms with van der Waals surface area (Å²) in [6.07, 6.45) is 1.66. The van der Waals surface area contributed by atoms with Crippen molar-refractivity contribution in [2.45, 2.75) is 13.0 Å². The number of nitrogens with zero attached hydrogens (tertiary/aromatic N) is 4. The zero-order valence-electron chi connectivity index (χ0n) is 18.7. The maximum absolute atomic E-state index is 15.0. The van der Waals surface area contributed by atoms with Crippen LogP contribution in [0.25, 0.3) is 16.8 Å². The Morgan fingerprint density at radius 3 is 2.39 bits per heavy atom. The van der Waals surface area contributed by atoms with Gasteiger partial charge >= 0.3 is 0 Å². The molecule has 0 unspecified atom stereocenters. The van der Waals surface area contributed by atoms with Gasteiger partial charge in [0.05, 0.1) is 23.1 Å². The van der Waals surface area contributed by atoms with E-state index in [1.165, 1.54) is 11.0 Å². The lowest BCUT2D eigenvalue weighted by Gasteiger charge is -2.15. The van der Waals surface area contributed by atoms with Crippen LogP contribution in [-0.4, -0.2) is 40.2 Å². The van der Waals surface area contributed by atoms with Crippen molar-refractivity contribution < 1.29 is 9.18 Å². The molecule has 0 radical (unpaired) electrons. The summed E-state index contributed by atoms with van der Waals surface area (Å²) in [5.41, 5.74) is 5.67. The topological polar surface area (TPSA) is 50.5 Å². The van der Waals surface area contributed by atoms with Crippen LogP contribution in [0.4, 0.5) is 4.39 Å². The lowest BCUT2D eigenvalue weighted by atomic mass is 9.95. The van der Waals surface area contributed by atoms with Gasteiger partial charge in [0, 0.05) is 25.2 Å².